The molecular formula is C30H40N3O2+. The number of carbonyl (C=O) groups is 2. The first-order valence-corrected chi connectivity index (χ1v) is 12.9. The molecule has 186 valence electrons. The Hall–Kier alpha value is -2.97. The standard InChI is InChI=1S/C30H39N3O2/c1-22(2)30(21-31,26-11-6-5-7-12-26)15-9-8-14-28(34)33(16-10-13-27(33)29(32)35)20-25-18-23(3)17-24(4)19-25/h5-7,11-12,17-19,22,27H,8-10,13-16,20H2,1-4H3,(H-,32,35)/p+1/t27?,30-,33+/m0/s1. The van der Waals surface area contributed by atoms with Crippen molar-refractivity contribution in [2.24, 2.45) is 11.7 Å². The summed E-state index contributed by atoms with van der Waals surface area (Å²) in [4.78, 5) is 26.1. The molecule has 2 amide bonds. The maximum absolute atomic E-state index is 13.8. The molecule has 2 N–H and O–H groups in total. The lowest BCUT2D eigenvalue weighted by Gasteiger charge is -2.36. The van der Waals surface area contributed by atoms with Crippen molar-refractivity contribution in [3.8, 4) is 6.07 Å². The van der Waals surface area contributed by atoms with Crippen LogP contribution in [0.3, 0.4) is 0 Å². The summed E-state index contributed by atoms with van der Waals surface area (Å²) in [6.45, 7) is 9.45. The Labute approximate surface area is 210 Å². The van der Waals surface area contributed by atoms with Gasteiger partial charge in [0.1, 0.15) is 6.54 Å². The van der Waals surface area contributed by atoms with Gasteiger partial charge in [-0.1, -0.05) is 79.9 Å². The van der Waals surface area contributed by atoms with Gasteiger partial charge in [0, 0.05) is 18.4 Å². The van der Waals surface area contributed by atoms with E-state index >= 15 is 0 Å². The summed E-state index contributed by atoms with van der Waals surface area (Å²) >= 11 is 0. The molecule has 0 radical (unpaired) electrons. The molecule has 5 heteroatoms. The zero-order valence-electron chi connectivity index (χ0n) is 21.7. The van der Waals surface area contributed by atoms with Gasteiger partial charge in [-0.2, -0.15) is 5.26 Å². The van der Waals surface area contributed by atoms with E-state index in [9.17, 15) is 14.9 Å². The molecule has 0 spiro atoms. The molecule has 1 heterocycles. The number of rotatable bonds is 10. The molecule has 3 atom stereocenters. The van der Waals surface area contributed by atoms with E-state index in [0.717, 1.165) is 35.1 Å². The van der Waals surface area contributed by atoms with E-state index in [1.807, 2.05) is 30.3 Å². The Balaban J connectivity index is 1.76. The van der Waals surface area contributed by atoms with Gasteiger partial charge >= 0.3 is 5.91 Å². The molecule has 3 rings (SSSR count). The highest BCUT2D eigenvalue weighted by Crippen LogP contribution is 2.38. The second-order valence-corrected chi connectivity index (χ2v) is 10.7. The Kier molecular flexibility index (Phi) is 8.51. The number of benzene rings is 2. The third-order valence-electron chi connectivity index (χ3n) is 7.89. The summed E-state index contributed by atoms with van der Waals surface area (Å²) in [6, 6.07) is 18.4. The van der Waals surface area contributed by atoms with Crippen molar-refractivity contribution in [3.05, 3.63) is 70.8 Å². The largest absolute Gasteiger partial charge is 0.364 e. The van der Waals surface area contributed by atoms with E-state index in [2.05, 4.69) is 52.0 Å². The minimum atomic E-state index is -0.570. The van der Waals surface area contributed by atoms with Crippen LogP contribution >= 0.6 is 0 Å². The van der Waals surface area contributed by atoms with Gasteiger partial charge in [-0.05, 0) is 38.2 Å². The van der Waals surface area contributed by atoms with Gasteiger partial charge in [0.25, 0.3) is 5.91 Å². The summed E-state index contributed by atoms with van der Waals surface area (Å²) in [7, 11) is 0. The number of amides is 2. The second kappa shape index (κ2) is 11.2. The van der Waals surface area contributed by atoms with Crippen LogP contribution in [0.1, 0.15) is 74.6 Å². The molecule has 0 aliphatic carbocycles. The third-order valence-corrected chi connectivity index (χ3v) is 7.89. The van der Waals surface area contributed by atoms with Crippen LogP contribution in [-0.4, -0.2) is 28.9 Å². The molecule has 2 aromatic carbocycles. The predicted molar refractivity (Wildman–Crippen MR) is 139 cm³/mol. The number of unbranched alkanes of at least 4 members (excludes halogenated alkanes) is 1. The fraction of sp³-hybridized carbons (Fsp3) is 0.500. The van der Waals surface area contributed by atoms with Crippen LogP contribution in [0.15, 0.2) is 48.5 Å². The zero-order valence-corrected chi connectivity index (χ0v) is 21.7. The number of hydrogen-bond acceptors (Lipinski definition) is 3. The van der Waals surface area contributed by atoms with Crippen molar-refractivity contribution in [1.29, 1.82) is 5.26 Å². The summed E-state index contributed by atoms with van der Waals surface area (Å²) in [5.41, 5.74) is 9.67. The van der Waals surface area contributed by atoms with Crippen molar-refractivity contribution in [2.75, 3.05) is 6.54 Å². The van der Waals surface area contributed by atoms with Crippen molar-refractivity contribution in [2.45, 2.75) is 84.2 Å². The van der Waals surface area contributed by atoms with Crippen LogP contribution in [0, 0.1) is 31.1 Å². The molecule has 1 aliphatic rings. The van der Waals surface area contributed by atoms with Crippen molar-refractivity contribution < 1.29 is 14.1 Å². The Morgan fingerprint density at radius 2 is 1.77 bits per heavy atom. The molecule has 35 heavy (non-hydrogen) atoms. The maximum atomic E-state index is 13.8. The minimum absolute atomic E-state index is 0.0947. The molecule has 0 saturated carbocycles. The molecule has 5 nitrogen and oxygen atoms in total. The Bertz CT molecular complexity index is 1070. The molecule has 1 unspecified atom stereocenters. The van der Waals surface area contributed by atoms with Gasteiger partial charge in [0.2, 0.25) is 0 Å². The highest BCUT2D eigenvalue weighted by atomic mass is 16.2. The fourth-order valence-corrected chi connectivity index (χ4v) is 6.07. The van der Waals surface area contributed by atoms with Gasteiger partial charge in [-0.3, -0.25) is 4.79 Å². The number of nitrogens with two attached hydrogens (primary N) is 1. The molecular weight excluding hydrogens is 434 g/mol. The highest BCUT2D eigenvalue weighted by molar-refractivity contribution is 5.82. The number of carbonyl (C=O) groups excluding carboxylic acids is 2. The van der Waals surface area contributed by atoms with Gasteiger partial charge < -0.3 is 5.73 Å². The van der Waals surface area contributed by atoms with Crippen LogP contribution in [0.25, 0.3) is 0 Å². The SMILES string of the molecule is Cc1cc(C)cc(C[N@+]2(C(=O)CCCC[C@@](C#N)(c3ccccc3)C(C)C)CCCC2C(N)=O)c1. The van der Waals surface area contributed by atoms with Gasteiger partial charge in [-0.15, -0.1) is 0 Å². The number of nitrogens with zero attached hydrogens (tertiary/aromatic N) is 2. The summed E-state index contributed by atoms with van der Waals surface area (Å²) in [5, 5.41) is 10.2. The smallest absolute Gasteiger partial charge is 0.314 e. The number of primary amides is 1. The van der Waals surface area contributed by atoms with Gasteiger partial charge in [0.05, 0.1) is 24.4 Å². The van der Waals surface area contributed by atoms with E-state index in [1.54, 1.807) is 0 Å². The first-order valence-electron chi connectivity index (χ1n) is 12.9. The molecule has 1 fully saturated rings. The van der Waals surface area contributed by atoms with Gasteiger partial charge in [-0.25, -0.2) is 9.28 Å². The lowest BCUT2D eigenvalue weighted by atomic mass is 9.69. The van der Waals surface area contributed by atoms with Crippen LogP contribution in [0.5, 0.6) is 0 Å². The first kappa shape index (κ1) is 26.6. The molecule has 0 aromatic heterocycles. The quantitative estimate of drug-likeness (QED) is 0.366. The van der Waals surface area contributed by atoms with E-state index < -0.39 is 11.5 Å². The second-order valence-electron chi connectivity index (χ2n) is 10.7. The number of quaternary nitrogens is 1. The fourth-order valence-electron chi connectivity index (χ4n) is 6.07. The molecule has 0 bridgehead atoms. The highest BCUT2D eigenvalue weighted by Gasteiger charge is 2.50. The summed E-state index contributed by atoms with van der Waals surface area (Å²) < 4.78 is 0.129. The minimum Gasteiger partial charge on any atom is -0.364 e. The van der Waals surface area contributed by atoms with Crippen molar-refractivity contribution >= 4 is 11.8 Å². The van der Waals surface area contributed by atoms with Crippen LogP contribution in [0.2, 0.25) is 0 Å². The van der Waals surface area contributed by atoms with Crippen LogP contribution in [-0.2, 0) is 21.5 Å². The normalized spacial score (nSPS) is 21.4. The van der Waals surface area contributed by atoms with Crippen LogP contribution < -0.4 is 5.73 Å². The Morgan fingerprint density at radius 3 is 2.34 bits per heavy atom. The number of likely N-dealkylation sites (tertiary alicyclic amines) is 1. The third kappa shape index (κ3) is 5.65. The summed E-state index contributed by atoms with van der Waals surface area (Å²) in [6.07, 6.45) is 4.04. The maximum Gasteiger partial charge on any atom is 0.314 e. The number of hydrogen-bond donors (Lipinski definition) is 1. The number of aryl methyl sites for hydroxylation is 2. The average Bonchev–Trinajstić information content (AvgIpc) is 3.24. The van der Waals surface area contributed by atoms with E-state index in [-0.39, 0.29) is 22.2 Å². The lowest BCUT2D eigenvalue weighted by Crippen LogP contribution is -2.59. The monoisotopic (exact) mass is 474 g/mol. The van der Waals surface area contributed by atoms with Crippen molar-refractivity contribution in [1.82, 2.24) is 0 Å². The van der Waals surface area contributed by atoms with E-state index in [4.69, 9.17) is 5.73 Å². The van der Waals surface area contributed by atoms with Gasteiger partial charge in [0.15, 0.2) is 6.04 Å². The number of nitriles is 1. The molecule has 1 aliphatic heterocycles. The topological polar surface area (TPSA) is 83.9 Å². The molecule has 1 saturated heterocycles. The van der Waals surface area contributed by atoms with Crippen molar-refractivity contribution in [3.63, 3.8) is 0 Å². The van der Waals surface area contributed by atoms with E-state index in [1.165, 1.54) is 0 Å². The van der Waals surface area contributed by atoms with E-state index in [0.29, 0.717) is 38.8 Å². The summed E-state index contributed by atoms with van der Waals surface area (Å²) in [5.74, 6) is -0.128. The van der Waals surface area contributed by atoms with Crippen LogP contribution in [0.4, 0.5) is 0 Å². The molecule has 2 aromatic rings. The average molecular weight is 475 g/mol. The first-order chi connectivity index (χ1) is 16.6. The predicted octanol–water partition coefficient (Wildman–Crippen LogP) is 5.47. The Morgan fingerprint density at radius 1 is 1.11 bits per heavy atom. The zero-order chi connectivity index (χ0) is 25.6. The lowest BCUT2D eigenvalue weighted by molar-refractivity contribution is -0.871.